The zero-order valence-corrected chi connectivity index (χ0v) is 35.9. The molecule has 0 fully saturated rings. The van der Waals surface area contributed by atoms with Gasteiger partial charge in [-0.1, -0.05) is 186 Å². The average molecular weight is 760 g/mol. The Labute approximate surface area is 334 Å². The summed E-state index contributed by atoms with van der Waals surface area (Å²) in [6.07, 6.45) is 47.8. The Kier molecular flexibility index (Phi) is 40.7. The summed E-state index contributed by atoms with van der Waals surface area (Å²) >= 11 is 0. The van der Waals surface area contributed by atoms with Gasteiger partial charge in [0.1, 0.15) is 6.10 Å². The first kappa shape index (κ1) is 52.1. The van der Waals surface area contributed by atoms with Crippen LogP contribution in [0.4, 0.5) is 0 Å². The fourth-order valence-electron chi connectivity index (χ4n) is 6.94. The van der Waals surface area contributed by atoms with E-state index in [1.165, 1.54) is 109 Å². The Balaban J connectivity index is 4.62. The van der Waals surface area contributed by atoms with E-state index in [4.69, 9.17) is 4.74 Å². The minimum Gasteiger partial charge on any atom is -0.462 e. The van der Waals surface area contributed by atoms with Crippen molar-refractivity contribution in [2.45, 2.75) is 251 Å². The predicted octanol–water partition coefficient (Wildman–Crippen LogP) is 13.3. The molecule has 316 valence electrons. The summed E-state index contributed by atoms with van der Waals surface area (Å²) in [4.78, 5) is 26.0. The van der Waals surface area contributed by atoms with Crippen molar-refractivity contribution < 1.29 is 24.5 Å². The van der Waals surface area contributed by atoms with Crippen LogP contribution in [0.1, 0.15) is 233 Å². The Morgan fingerprint density at radius 2 is 1.02 bits per heavy atom. The molecule has 0 aliphatic carbocycles. The fourth-order valence-corrected chi connectivity index (χ4v) is 6.94. The SMILES string of the molecule is CC/C=C/C/C=C/CCCCCCCCCC(=O)OC(CCC/C=C\CCCCCCCCC)CC(=O)NC(CO)C(O)CCCCCCCCCCC. The Morgan fingerprint density at radius 1 is 0.556 bits per heavy atom. The summed E-state index contributed by atoms with van der Waals surface area (Å²) < 4.78 is 5.88. The third-order valence-corrected chi connectivity index (χ3v) is 10.5. The highest BCUT2D eigenvalue weighted by atomic mass is 16.5. The number of carbonyl (C=O) groups excluding carboxylic acids is 2. The van der Waals surface area contributed by atoms with Crippen LogP contribution >= 0.6 is 0 Å². The molecule has 0 radical (unpaired) electrons. The smallest absolute Gasteiger partial charge is 0.306 e. The number of allylic oxidation sites excluding steroid dienone is 6. The number of esters is 1. The third-order valence-electron chi connectivity index (χ3n) is 10.5. The summed E-state index contributed by atoms with van der Waals surface area (Å²) in [5.41, 5.74) is 0. The molecule has 3 N–H and O–H groups in total. The lowest BCUT2D eigenvalue weighted by Gasteiger charge is -2.24. The van der Waals surface area contributed by atoms with E-state index in [0.29, 0.717) is 19.3 Å². The average Bonchev–Trinajstić information content (AvgIpc) is 3.16. The lowest BCUT2D eigenvalue weighted by Crippen LogP contribution is -2.46. The molecule has 0 saturated heterocycles. The van der Waals surface area contributed by atoms with Gasteiger partial charge in [0.2, 0.25) is 5.91 Å². The summed E-state index contributed by atoms with van der Waals surface area (Å²) in [5, 5.41) is 23.6. The molecule has 3 unspecified atom stereocenters. The summed E-state index contributed by atoms with van der Waals surface area (Å²) in [5.74, 6) is -0.511. The second kappa shape index (κ2) is 42.2. The van der Waals surface area contributed by atoms with Crippen molar-refractivity contribution in [1.29, 1.82) is 0 Å². The highest BCUT2D eigenvalue weighted by Crippen LogP contribution is 2.17. The van der Waals surface area contributed by atoms with Crippen LogP contribution in [0, 0.1) is 0 Å². The fraction of sp³-hybridized carbons (Fsp3) is 0.833. The number of nitrogens with one attached hydrogen (secondary N) is 1. The van der Waals surface area contributed by atoms with E-state index in [1.807, 2.05) is 0 Å². The van der Waals surface area contributed by atoms with E-state index in [0.717, 1.165) is 77.0 Å². The van der Waals surface area contributed by atoms with E-state index in [9.17, 15) is 19.8 Å². The summed E-state index contributed by atoms with van der Waals surface area (Å²) in [6, 6.07) is -0.707. The van der Waals surface area contributed by atoms with Crippen molar-refractivity contribution in [3.05, 3.63) is 36.5 Å². The molecule has 1 amide bonds. The van der Waals surface area contributed by atoms with Gasteiger partial charge in [-0.2, -0.15) is 0 Å². The van der Waals surface area contributed by atoms with Gasteiger partial charge in [-0.15, -0.1) is 0 Å². The molecule has 0 rings (SSSR count). The lowest BCUT2D eigenvalue weighted by atomic mass is 10.0. The van der Waals surface area contributed by atoms with Gasteiger partial charge in [0.25, 0.3) is 0 Å². The van der Waals surface area contributed by atoms with Gasteiger partial charge in [-0.3, -0.25) is 9.59 Å². The predicted molar refractivity (Wildman–Crippen MR) is 232 cm³/mol. The van der Waals surface area contributed by atoms with Crippen LogP contribution in [-0.4, -0.2) is 46.9 Å². The zero-order chi connectivity index (χ0) is 39.6. The van der Waals surface area contributed by atoms with Crippen molar-refractivity contribution in [3.63, 3.8) is 0 Å². The number of aliphatic hydroxyl groups is 2. The molecule has 0 saturated carbocycles. The second-order valence-electron chi connectivity index (χ2n) is 15.8. The zero-order valence-electron chi connectivity index (χ0n) is 35.9. The van der Waals surface area contributed by atoms with Crippen molar-refractivity contribution >= 4 is 11.9 Å². The molecule has 0 bridgehead atoms. The van der Waals surface area contributed by atoms with Gasteiger partial charge in [0.15, 0.2) is 0 Å². The molecule has 54 heavy (non-hydrogen) atoms. The minimum atomic E-state index is -0.791. The van der Waals surface area contributed by atoms with Gasteiger partial charge in [0.05, 0.1) is 25.2 Å². The third kappa shape index (κ3) is 37.0. The molecular formula is C48H89NO5. The first-order valence-corrected chi connectivity index (χ1v) is 23.2. The molecule has 0 aromatic carbocycles. The number of amides is 1. The quantitative estimate of drug-likeness (QED) is 0.0328. The normalized spacial score (nSPS) is 13.6. The first-order chi connectivity index (χ1) is 26.5. The number of hydrogen-bond donors (Lipinski definition) is 3. The number of hydrogen-bond acceptors (Lipinski definition) is 5. The van der Waals surface area contributed by atoms with Crippen LogP contribution in [0.5, 0.6) is 0 Å². The summed E-state index contributed by atoms with van der Waals surface area (Å²) in [7, 11) is 0. The van der Waals surface area contributed by atoms with E-state index in [-0.39, 0.29) is 24.9 Å². The molecule has 0 aromatic rings. The monoisotopic (exact) mass is 760 g/mol. The number of rotatable bonds is 41. The maximum Gasteiger partial charge on any atom is 0.306 e. The second-order valence-corrected chi connectivity index (χ2v) is 15.8. The van der Waals surface area contributed by atoms with Crippen LogP contribution in [-0.2, 0) is 14.3 Å². The standard InChI is InChI=1S/C48H89NO5/c1-4-7-10-13-16-19-21-23-24-26-29-32-35-38-41-48(53)54-44(39-36-33-30-28-25-22-20-17-14-11-8-5-2)42-47(52)49-45(43-50)46(51)40-37-34-31-27-18-15-12-9-6-3/h7,10,16,19,28,30,44-46,50-51H,4-6,8-9,11-15,17-18,20-27,29,31-43H2,1-3H3,(H,49,52)/b10-7+,19-16+,30-28-. The van der Waals surface area contributed by atoms with E-state index < -0.39 is 18.2 Å². The highest BCUT2D eigenvalue weighted by Gasteiger charge is 2.24. The van der Waals surface area contributed by atoms with Crippen LogP contribution in [0.3, 0.4) is 0 Å². The molecule has 0 aliphatic rings. The van der Waals surface area contributed by atoms with Gasteiger partial charge >= 0.3 is 5.97 Å². The minimum absolute atomic E-state index is 0.0549. The largest absolute Gasteiger partial charge is 0.462 e. The van der Waals surface area contributed by atoms with Crippen LogP contribution < -0.4 is 5.32 Å². The van der Waals surface area contributed by atoms with Crippen molar-refractivity contribution in [1.82, 2.24) is 5.32 Å². The van der Waals surface area contributed by atoms with Crippen LogP contribution in [0.15, 0.2) is 36.5 Å². The molecule has 0 spiro atoms. The molecule has 6 nitrogen and oxygen atoms in total. The molecule has 3 atom stereocenters. The van der Waals surface area contributed by atoms with Gasteiger partial charge < -0.3 is 20.3 Å². The van der Waals surface area contributed by atoms with Crippen molar-refractivity contribution in [2.24, 2.45) is 0 Å². The lowest BCUT2D eigenvalue weighted by molar-refractivity contribution is -0.151. The number of ether oxygens (including phenoxy) is 1. The van der Waals surface area contributed by atoms with Crippen molar-refractivity contribution in [2.75, 3.05) is 6.61 Å². The number of carbonyl (C=O) groups is 2. The maximum absolute atomic E-state index is 13.1. The Hall–Kier alpha value is -1.92. The molecule has 0 heterocycles. The summed E-state index contributed by atoms with van der Waals surface area (Å²) in [6.45, 7) is 6.33. The van der Waals surface area contributed by atoms with E-state index in [1.54, 1.807) is 0 Å². The van der Waals surface area contributed by atoms with Gasteiger partial charge in [-0.05, 0) is 70.6 Å². The molecule has 6 heteroatoms. The molecule has 0 aliphatic heterocycles. The van der Waals surface area contributed by atoms with E-state index >= 15 is 0 Å². The first-order valence-electron chi connectivity index (χ1n) is 23.2. The topological polar surface area (TPSA) is 95.9 Å². The Morgan fingerprint density at radius 3 is 1.56 bits per heavy atom. The van der Waals surface area contributed by atoms with Gasteiger partial charge in [-0.25, -0.2) is 0 Å². The van der Waals surface area contributed by atoms with Crippen molar-refractivity contribution in [3.8, 4) is 0 Å². The Bertz CT molecular complexity index is 900. The molecule has 0 aromatic heterocycles. The molecular weight excluding hydrogens is 671 g/mol. The van der Waals surface area contributed by atoms with E-state index in [2.05, 4.69) is 62.5 Å². The van der Waals surface area contributed by atoms with Crippen LogP contribution in [0.25, 0.3) is 0 Å². The highest BCUT2D eigenvalue weighted by molar-refractivity contribution is 5.77. The number of aliphatic hydroxyl groups excluding tert-OH is 2. The van der Waals surface area contributed by atoms with Gasteiger partial charge in [0, 0.05) is 6.42 Å². The maximum atomic E-state index is 13.1. The number of unbranched alkanes of at least 4 members (excludes halogenated alkanes) is 23. The van der Waals surface area contributed by atoms with Crippen LogP contribution in [0.2, 0.25) is 0 Å².